The second kappa shape index (κ2) is 26.8. The van der Waals surface area contributed by atoms with Gasteiger partial charge < -0.3 is 10.6 Å². The van der Waals surface area contributed by atoms with Crippen LogP contribution in [0.3, 0.4) is 0 Å². The first-order valence-corrected chi connectivity index (χ1v) is 22.4. The van der Waals surface area contributed by atoms with Gasteiger partial charge in [-0.3, -0.25) is 9.59 Å². The minimum absolute atomic E-state index is 0.0357. The zero-order valence-electron chi connectivity index (χ0n) is 30.9. The van der Waals surface area contributed by atoms with Gasteiger partial charge in [0.1, 0.15) is 0 Å². The Kier molecular flexibility index (Phi) is 22.7. The standard InChI is InChI=1S/C42H66N2O2S3/c1-3-5-7-9-11-13-15-17-19-21-23-25-33-43-41(45)39-31-29-37(48-39)35-27-28-36(47-35)38-30-32-40(49-38)42(46)44-34-26-24-22-20-18-16-14-12-10-8-6-4-2/h27-32H,3-26,33-34H2,1-2H3,(H,43,45)(H,44,46). The average molecular weight is 727 g/mol. The van der Waals surface area contributed by atoms with Crippen molar-refractivity contribution in [3.05, 3.63) is 46.2 Å². The summed E-state index contributed by atoms with van der Waals surface area (Å²) in [6, 6.07) is 12.3. The second-order valence-corrected chi connectivity index (χ2v) is 17.0. The zero-order valence-corrected chi connectivity index (χ0v) is 33.3. The summed E-state index contributed by atoms with van der Waals surface area (Å²) in [7, 11) is 0. The van der Waals surface area contributed by atoms with Crippen LogP contribution in [-0.2, 0) is 0 Å². The van der Waals surface area contributed by atoms with Crippen molar-refractivity contribution in [2.75, 3.05) is 13.1 Å². The Morgan fingerprint density at radius 2 is 0.653 bits per heavy atom. The van der Waals surface area contributed by atoms with Gasteiger partial charge in [-0.25, -0.2) is 0 Å². The Morgan fingerprint density at radius 3 is 0.980 bits per heavy atom. The zero-order chi connectivity index (χ0) is 34.8. The van der Waals surface area contributed by atoms with Crippen molar-refractivity contribution in [1.82, 2.24) is 10.6 Å². The van der Waals surface area contributed by atoms with Gasteiger partial charge in [0.2, 0.25) is 0 Å². The van der Waals surface area contributed by atoms with Gasteiger partial charge in [-0.05, 0) is 49.2 Å². The van der Waals surface area contributed by atoms with Crippen LogP contribution in [0.15, 0.2) is 36.4 Å². The molecule has 0 aromatic carbocycles. The number of nitrogens with one attached hydrogen (secondary N) is 2. The summed E-state index contributed by atoms with van der Waals surface area (Å²) in [5, 5.41) is 6.24. The van der Waals surface area contributed by atoms with Crippen LogP contribution in [0, 0.1) is 0 Å². The normalized spacial score (nSPS) is 11.3. The highest BCUT2D eigenvalue weighted by Gasteiger charge is 2.14. The third kappa shape index (κ3) is 17.7. The monoisotopic (exact) mass is 726 g/mol. The molecule has 0 bridgehead atoms. The van der Waals surface area contributed by atoms with Crippen molar-refractivity contribution >= 4 is 45.8 Å². The van der Waals surface area contributed by atoms with Crippen molar-refractivity contribution in [3.8, 4) is 19.5 Å². The van der Waals surface area contributed by atoms with Crippen LogP contribution in [0.2, 0.25) is 0 Å². The van der Waals surface area contributed by atoms with E-state index in [2.05, 4.69) is 48.7 Å². The summed E-state index contributed by atoms with van der Waals surface area (Å²) < 4.78 is 0. The lowest BCUT2D eigenvalue weighted by Crippen LogP contribution is -2.23. The maximum Gasteiger partial charge on any atom is 0.261 e. The number of amides is 2. The van der Waals surface area contributed by atoms with Crippen LogP contribution in [0.4, 0.5) is 0 Å². The second-order valence-electron chi connectivity index (χ2n) is 13.8. The number of carbonyl (C=O) groups is 2. The number of hydrogen-bond donors (Lipinski definition) is 2. The minimum atomic E-state index is 0.0357. The molecule has 7 heteroatoms. The SMILES string of the molecule is CCCCCCCCCCCCCCNC(=O)c1ccc(-c2ccc(-c3ccc(C(=O)NCCCCCCCCCCCCCC)s3)s2)s1. The van der Waals surface area contributed by atoms with Gasteiger partial charge in [-0.2, -0.15) is 0 Å². The molecule has 49 heavy (non-hydrogen) atoms. The van der Waals surface area contributed by atoms with Crippen molar-refractivity contribution in [1.29, 1.82) is 0 Å². The molecule has 0 aliphatic carbocycles. The van der Waals surface area contributed by atoms with E-state index in [-0.39, 0.29) is 11.8 Å². The molecular weight excluding hydrogens is 661 g/mol. The average Bonchev–Trinajstić information content (AvgIpc) is 3.90. The Hall–Kier alpha value is -1.96. The topological polar surface area (TPSA) is 58.2 Å². The highest BCUT2D eigenvalue weighted by Crippen LogP contribution is 2.40. The summed E-state index contributed by atoms with van der Waals surface area (Å²) in [6.07, 6.45) is 31.8. The molecule has 0 aliphatic heterocycles. The first-order chi connectivity index (χ1) is 24.1. The lowest BCUT2D eigenvalue weighted by Gasteiger charge is -2.04. The van der Waals surface area contributed by atoms with E-state index in [0.29, 0.717) is 0 Å². The molecular formula is C42H66N2O2S3. The van der Waals surface area contributed by atoms with Gasteiger partial charge >= 0.3 is 0 Å². The van der Waals surface area contributed by atoms with Crippen LogP contribution in [0.5, 0.6) is 0 Å². The van der Waals surface area contributed by atoms with Crippen LogP contribution in [-0.4, -0.2) is 24.9 Å². The molecule has 0 saturated heterocycles. The lowest BCUT2D eigenvalue weighted by atomic mass is 10.1. The van der Waals surface area contributed by atoms with Gasteiger partial charge in [0.05, 0.1) is 9.75 Å². The predicted octanol–water partition coefficient (Wildman–Crippen LogP) is 14.1. The number of thiophene rings is 3. The first-order valence-electron chi connectivity index (χ1n) is 20.0. The number of carbonyl (C=O) groups excluding carboxylic acids is 2. The highest BCUT2D eigenvalue weighted by molar-refractivity contribution is 7.27. The summed E-state index contributed by atoms with van der Waals surface area (Å²) >= 11 is 4.84. The van der Waals surface area contributed by atoms with E-state index < -0.39 is 0 Å². The molecule has 0 spiro atoms. The van der Waals surface area contributed by atoms with Crippen LogP contribution in [0.1, 0.15) is 187 Å². The quantitative estimate of drug-likeness (QED) is 0.0672. The number of unbranched alkanes of at least 4 members (excludes halogenated alkanes) is 22. The third-order valence-corrected chi connectivity index (χ3v) is 13.0. The molecule has 3 aromatic rings. The fourth-order valence-electron chi connectivity index (χ4n) is 6.30. The molecule has 3 heterocycles. The largest absolute Gasteiger partial charge is 0.351 e. The molecule has 0 unspecified atom stereocenters. The number of hydrogen-bond acceptors (Lipinski definition) is 5. The molecule has 3 aromatic heterocycles. The summed E-state index contributed by atoms with van der Waals surface area (Å²) in [4.78, 5) is 31.6. The fourth-order valence-corrected chi connectivity index (χ4v) is 9.33. The Morgan fingerprint density at radius 1 is 0.388 bits per heavy atom. The molecule has 3 rings (SSSR count). The maximum atomic E-state index is 12.8. The molecule has 0 radical (unpaired) electrons. The summed E-state index contributed by atoms with van der Waals surface area (Å²) in [6.45, 7) is 6.05. The summed E-state index contributed by atoms with van der Waals surface area (Å²) in [5.74, 6) is 0.0713. The first kappa shape index (κ1) is 41.5. The molecule has 0 fully saturated rings. The van der Waals surface area contributed by atoms with E-state index in [0.717, 1.165) is 55.2 Å². The van der Waals surface area contributed by atoms with E-state index in [1.165, 1.54) is 141 Å². The fraction of sp³-hybridized carbons (Fsp3) is 0.667. The lowest BCUT2D eigenvalue weighted by molar-refractivity contribution is 0.0948. The Bertz CT molecular complexity index is 1180. The van der Waals surface area contributed by atoms with Gasteiger partial charge in [-0.1, -0.05) is 155 Å². The van der Waals surface area contributed by atoms with E-state index in [4.69, 9.17) is 0 Å². The van der Waals surface area contributed by atoms with Crippen LogP contribution >= 0.6 is 34.0 Å². The van der Waals surface area contributed by atoms with Gasteiger partial charge in [0.25, 0.3) is 11.8 Å². The van der Waals surface area contributed by atoms with Gasteiger partial charge in [0, 0.05) is 32.6 Å². The predicted molar refractivity (Wildman–Crippen MR) is 218 cm³/mol. The molecule has 2 N–H and O–H groups in total. The van der Waals surface area contributed by atoms with Gasteiger partial charge in [-0.15, -0.1) is 34.0 Å². The van der Waals surface area contributed by atoms with E-state index in [1.807, 2.05) is 12.1 Å². The maximum absolute atomic E-state index is 12.8. The highest BCUT2D eigenvalue weighted by atomic mass is 32.1. The molecule has 0 atom stereocenters. The van der Waals surface area contributed by atoms with E-state index in [1.54, 1.807) is 34.0 Å². The Balaban J connectivity index is 1.25. The molecule has 274 valence electrons. The van der Waals surface area contributed by atoms with Crippen LogP contribution < -0.4 is 10.6 Å². The third-order valence-electron chi connectivity index (χ3n) is 9.38. The smallest absolute Gasteiger partial charge is 0.261 e. The minimum Gasteiger partial charge on any atom is -0.351 e. The van der Waals surface area contributed by atoms with Crippen molar-refractivity contribution in [2.24, 2.45) is 0 Å². The van der Waals surface area contributed by atoms with Crippen molar-refractivity contribution < 1.29 is 9.59 Å². The molecule has 4 nitrogen and oxygen atoms in total. The Labute approximate surface area is 311 Å². The van der Waals surface area contributed by atoms with Crippen LogP contribution in [0.25, 0.3) is 19.5 Å². The molecule has 0 aliphatic rings. The van der Waals surface area contributed by atoms with Crippen molar-refractivity contribution in [3.63, 3.8) is 0 Å². The van der Waals surface area contributed by atoms with E-state index >= 15 is 0 Å². The number of rotatable bonds is 30. The van der Waals surface area contributed by atoms with Crippen molar-refractivity contribution in [2.45, 2.75) is 168 Å². The summed E-state index contributed by atoms with van der Waals surface area (Å²) in [5.41, 5.74) is 0. The van der Waals surface area contributed by atoms with Gasteiger partial charge in [0.15, 0.2) is 0 Å². The van der Waals surface area contributed by atoms with E-state index in [9.17, 15) is 9.59 Å². The molecule has 2 amide bonds. The molecule has 0 saturated carbocycles.